The van der Waals surface area contributed by atoms with Crippen molar-refractivity contribution in [2.75, 3.05) is 13.1 Å². The smallest absolute Gasteiger partial charge is 0.237 e. The number of carbonyl (C=O) groups is 2. The van der Waals surface area contributed by atoms with Crippen molar-refractivity contribution in [1.29, 1.82) is 0 Å². The third-order valence-corrected chi connectivity index (χ3v) is 6.01. The first-order valence-electron chi connectivity index (χ1n) is 9.86. The summed E-state index contributed by atoms with van der Waals surface area (Å²) in [7, 11) is 0. The number of nitrogens with zero attached hydrogens (tertiary/aromatic N) is 3. The van der Waals surface area contributed by atoms with Crippen LogP contribution in [0.25, 0.3) is 10.6 Å². The number of carbonyl (C=O) groups excluding carboxylic acids is 2. The van der Waals surface area contributed by atoms with Crippen LogP contribution in [0.4, 0.5) is 0 Å². The van der Waals surface area contributed by atoms with Crippen LogP contribution in [0.2, 0.25) is 0 Å². The van der Waals surface area contributed by atoms with Gasteiger partial charge in [-0.05, 0) is 11.6 Å². The topological polar surface area (TPSA) is 87.2 Å². The van der Waals surface area contributed by atoms with E-state index in [-0.39, 0.29) is 18.2 Å². The van der Waals surface area contributed by atoms with Gasteiger partial charge < -0.3 is 10.6 Å². The lowest BCUT2D eigenvalue weighted by atomic mass is 10.1. The number of benzene rings is 1. The lowest BCUT2D eigenvalue weighted by Gasteiger charge is -2.34. The fourth-order valence-electron chi connectivity index (χ4n) is 3.44. The standard InChI is InChI=1S/C22H23N5O2S/c28-20(25-13-18-14-26-22(30-18)17-6-2-1-3-7-17)11-19-21(29)24-9-10-27(19)15-16-5-4-8-23-12-16/h1-8,12,14,19H,9-11,13,15H2,(H,24,29)(H,25,28). The van der Waals surface area contributed by atoms with E-state index < -0.39 is 6.04 Å². The lowest BCUT2D eigenvalue weighted by molar-refractivity contribution is -0.134. The van der Waals surface area contributed by atoms with Gasteiger partial charge >= 0.3 is 0 Å². The molecule has 0 aliphatic carbocycles. The van der Waals surface area contributed by atoms with Crippen LogP contribution >= 0.6 is 11.3 Å². The molecule has 1 unspecified atom stereocenters. The van der Waals surface area contributed by atoms with Gasteiger partial charge in [-0.3, -0.25) is 19.5 Å². The van der Waals surface area contributed by atoms with E-state index in [2.05, 4.69) is 20.6 Å². The first-order valence-corrected chi connectivity index (χ1v) is 10.7. The van der Waals surface area contributed by atoms with Crippen LogP contribution in [0, 0.1) is 0 Å². The highest BCUT2D eigenvalue weighted by atomic mass is 32.1. The molecule has 0 bridgehead atoms. The minimum Gasteiger partial charge on any atom is -0.353 e. The molecule has 1 aliphatic heterocycles. The van der Waals surface area contributed by atoms with Gasteiger partial charge in [0.2, 0.25) is 11.8 Å². The third-order valence-electron chi connectivity index (χ3n) is 4.96. The molecular weight excluding hydrogens is 398 g/mol. The van der Waals surface area contributed by atoms with Crippen LogP contribution in [0.1, 0.15) is 16.9 Å². The molecule has 1 aromatic carbocycles. The van der Waals surface area contributed by atoms with Gasteiger partial charge in [0.05, 0.1) is 19.0 Å². The monoisotopic (exact) mass is 421 g/mol. The van der Waals surface area contributed by atoms with Gasteiger partial charge in [0.1, 0.15) is 5.01 Å². The summed E-state index contributed by atoms with van der Waals surface area (Å²) in [4.78, 5) is 36.6. The number of nitrogens with one attached hydrogen (secondary N) is 2. The van der Waals surface area contributed by atoms with Crippen LogP contribution < -0.4 is 10.6 Å². The first-order chi connectivity index (χ1) is 14.7. The minimum atomic E-state index is -0.486. The summed E-state index contributed by atoms with van der Waals surface area (Å²) in [5.41, 5.74) is 2.08. The largest absolute Gasteiger partial charge is 0.353 e. The molecule has 1 aliphatic rings. The van der Waals surface area contributed by atoms with E-state index in [0.717, 1.165) is 21.0 Å². The Kier molecular flexibility index (Phi) is 6.46. The van der Waals surface area contributed by atoms with Crippen LogP contribution in [0.3, 0.4) is 0 Å². The Morgan fingerprint density at radius 1 is 1.20 bits per heavy atom. The number of amides is 2. The van der Waals surface area contributed by atoms with Gasteiger partial charge in [-0.1, -0.05) is 36.4 Å². The van der Waals surface area contributed by atoms with Crippen molar-refractivity contribution < 1.29 is 9.59 Å². The number of thiazole rings is 1. The second-order valence-electron chi connectivity index (χ2n) is 7.12. The van der Waals surface area contributed by atoms with Crippen molar-refractivity contribution in [3.63, 3.8) is 0 Å². The van der Waals surface area contributed by atoms with Crippen LogP contribution in [0.15, 0.2) is 61.1 Å². The molecule has 1 fully saturated rings. The van der Waals surface area contributed by atoms with E-state index in [1.807, 2.05) is 47.4 Å². The fourth-order valence-corrected chi connectivity index (χ4v) is 4.29. The number of rotatable bonds is 7. The first kappa shape index (κ1) is 20.2. The zero-order chi connectivity index (χ0) is 20.8. The van der Waals surface area contributed by atoms with Gasteiger partial charge in [-0.15, -0.1) is 11.3 Å². The molecule has 7 nitrogen and oxygen atoms in total. The van der Waals surface area contributed by atoms with Crippen molar-refractivity contribution in [3.8, 4) is 10.6 Å². The predicted molar refractivity (Wildman–Crippen MR) is 115 cm³/mol. The van der Waals surface area contributed by atoms with Gasteiger partial charge in [-0.2, -0.15) is 0 Å². The normalized spacial score (nSPS) is 16.8. The molecule has 3 aromatic rings. The number of aromatic nitrogens is 2. The molecule has 0 saturated carbocycles. The maximum atomic E-state index is 12.6. The summed E-state index contributed by atoms with van der Waals surface area (Å²) >= 11 is 1.55. The average molecular weight is 422 g/mol. The highest BCUT2D eigenvalue weighted by Gasteiger charge is 2.31. The lowest BCUT2D eigenvalue weighted by Crippen LogP contribution is -2.56. The number of piperazine rings is 1. The second kappa shape index (κ2) is 9.60. The van der Waals surface area contributed by atoms with Crippen molar-refractivity contribution in [2.45, 2.75) is 25.6 Å². The summed E-state index contributed by atoms with van der Waals surface area (Å²) in [6.45, 7) is 2.28. The van der Waals surface area contributed by atoms with Crippen molar-refractivity contribution >= 4 is 23.2 Å². The van der Waals surface area contributed by atoms with Crippen molar-refractivity contribution in [1.82, 2.24) is 25.5 Å². The quantitative estimate of drug-likeness (QED) is 0.611. The van der Waals surface area contributed by atoms with Crippen molar-refractivity contribution in [2.24, 2.45) is 0 Å². The number of hydrogen-bond donors (Lipinski definition) is 2. The molecule has 3 heterocycles. The van der Waals surface area contributed by atoms with Gasteiger partial charge in [-0.25, -0.2) is 4.98 Å². The fraction of sp³-hybridized carbons (Fsp3) is 0.273. The van der Waals surface area contributed by atoms with Crippen LogP contribution in [0.5, 0.6) is 0 Å². The average Bonchev–Trinajstić information content (AvgIpc) is 3.25. The Bertz CT molecular complexity index is 993. The Balaban J connectivity index is 1.34. The van der Waals surface area contributed by atoms with Gasteiger partial charge in [0.15, 0.2) is 0 Å². The Labute approximate surface area is 179 Å². The zero-order valence-corrected chi connectivity index (χ0v) is 17.3. The van der Waals surface area contributed by atoms with E-state index >= 15 is 0 Å². The summed E-state index contributed by atoms with van der Waals surface area (Å²) in [6, 6.07) is 13.3. The number of hydrogen-bond acceptors (Lipinski definition) is 6. The molecule has 4 rings (SSSR count). The molecule has 30 heavy (non-hydrogen) atoms. The molecule has 1 atom stereocenters. The highest BCUT2D eigenvalue weighted by Crippen LogP contribution is 2.24. The molecule has 154 valence electrons. The maximum Gasteiger partial charge on any atom is 0.237 e. The summed E-state index contributed by atoms with van der Waals surface area (Å²) in [5, 5.41) is 6.72. The molecule has 2 aromatic heterocycles. The Morgan fingerprint density at radius 3 is 2.87 bits per heavy atom. The maximum absolute atomic E-state index is 12.6. The summed E-state index contributed by atoms with van der Waals surface area (Å²) < 4.78 is 0. The molecule has 2 N–H and O–H groups in total. The van der Waals surface area contributed by atoms with Crippen molar-refractivity contribution in [3.05, 3.63) is 71.5 Å². The summed E-state index contributed by atoms with van der Waals surface area (Å²) in [6.07, 6.45) is 5.42. The van der Waals surface area contributed by atoms with E-state index in [9.17, 15) is 9.59 Å². The SMILES string of the molecule is O=C(CC1C(=O)NCCN1Cc1cccnc1)NCc1cnc(-c2ccccc2)s1. The predicted octanol–water partition coefficient (Wildman–Crippen LogP) is 2.21. The molecule has 8 heteroatoms. The zero-order valence-electron chi connectivity index (χ0n) is 16.5. The van der Waals surface area contributed by atoms with E-state index in [1.165, 1.54) is 0 Å². The second-order valence-corrected chi connectivity index (χ2v) is 8.23. The molecule has 0 radical (unpaired) electrons. The molecule has 2 amide bonds. The summed E-state index contributed by atoms with van der Waals surface area (Å²) in [5.74, 6) is -0.257. The third kappa shape index (κ3) is 5.08. The molecule has 0 spiro atoms. The Morgan fingerprint density at radius 2 is 2.07 bits per heavy atom. The highest BCUT2D eigenvalue weighted by molar-refractivity contribution is 7.15. The van der Waals surface area contributed by atoms with Crippen LogP contribution in [-0.2, 0) is 22.7 Å². The van der Waals surface area contributed by atoms with E-state index in [0.29, 0.717) is 26.2 Å². The van der Waals surface area contributed by atoms with Gasteiger partial charge in [0.25, 0.3) is 0 Å². The molecular formula is C22H23N5O2S. The van der Waals surface area contributed by atoms with E-state index in [1.54, 1.807) is 29.9 Å². The molecule has 1 saturated heterocycles. The van der Waals surface area contributed by atoms with Gasteiger partial charge in [0, 0.05) is 48.7 Å². The minimum absolute atomic E-state index is 0.107. The van der Waals surface area contributed by atoms with Crippen LogP contribution in [-0.4, -0.2) is 45.8 Å². The number of pyridine rings is 1. The van der Waals surface area contributed by atoms with E-state index in [4.69, 9.17) is 0 Å². The Hall–Kier alpha value is -3.10.